The van der Waals surface area contributed by atoms with Gasteiger partial charge < -0.3 is 14.8 Å². The first-order valence-electron chi connectivity index (χ1n) is 6.52. The van der Waals surface area contributed by atoms with Gasteiger partial charge in [0.15, 0.2) is 0 Å². The van der Waals surface area contributed by atoms with Crippen LogP contribution in [0, 0.1) is 5.92 Å². The van der Waals surface area contributed by atoms with Gasteiger partial charge >= 0.3 is 0 Å². The molecule has 1 aromatic carbocycles. The zero-order valence-electron chi connectivity index (χ0n) is 11.6. The van der Waals surface area contributed by atoms with E-state index in [1.807, 2.05) is 0 Å². The summed E-state index contributed by atoms with van der Waals surface area (Å²) in [6.45, 7) is 0. The molecule has 0 heterocycles. The molecule has 0 bridgehead atoms. The van der Waals surface area contributed by atoms with Crippen LogP contribution in [0.1, 0.15) is 19.3 Å². The van der Waals surface area contributed by atoms with Crippen LogP contribution in [-0.2, 0) is 4.79 Å². The van der Waals surface area contributed by atoms with Crippen LogP contribution in [0.4, 0.5) is 5.69 Å². The lowest BCUT2D eigenvalue weighted by atomic mass is 10.0. The van der Waals surface area contributed by atoms with E-state index in [4.69, 9.17) is 21.1 Å². The third kappa shape index (κ3) is 3.45. The van der Waals surface area contributed by atoms with Crippen LogP contribution in [0.5, 0.6) is 11.5 Å². The standard InChI is InChI=1S/C15H18ClNO3/c1-19-13-9-12(14(20-2)8-11(13)16)17-15(18)7-10-5-3-4-6-10/h3,5,8-10H,4,6-7H2,1-2H3,(H,17,18)/t10-/m0/s1. The Bertz CT molecular complexity index is 528. The van der Waals surface area contributed by atoms with Crippen molar-refractivity contribution in [3.8, 4) is 11.5 Å². The van der Waals surface area contributed by atoms with Crippen molar-refractivity contribution in [1.29, 1.82) is 0 Å². The van der Waals surface area contributed by atoms with Crippen LogP contribution < -0.4 is 14.8 Å². The van der Waals surface area contributed by atoms with Gasteiger partial charge in [0, 0.05) is 18.6 Å². The highest BCUT2D eigenvalue weighted by atomic mass is 35.5. The summed E-state index contributed by atoms with van der Waals surface area (Å²) >= 11 is 6.03. The number of hydrogen-bond donors (Lipinski definition) is 1. The van der Waals surface area contributed by atoms with E-state index in [2.05, 4.69) is 17.5 Å². The summed E-state index contributed by atoms with van der Waals surface area (Å²) in [4.78, 5) is 12.0. The van der Waals surface area contributed by atoms with Crippen molar-refractivity contribution >= 4 is 23.2 Å². The first kappa shape index (κ1) is 14.7. The molecule has 1 aliphatic carbocycles. The van der Waals surface area contributed by atoms with Crippen LogP contribution in [0.3, 0.4) is 0 Å². The summed E-state index contributed by atoms with van der Waals surface area (Å²) < 4.78 is 10.4. The zero-order valence-corrected chi connectivity index (χ0v) is 12.4. The fraction of sp³-hybridized carbons (Fsp3) is 0.400. The fourth-order valence-corrected chi connectivity index (χ4v) is 2.49. The van der Waals surface area contributed by atoms with Gasteiger partial charge in [-0.15, -0.1) is 0 Å². The van der Waals surface area contributed by atoms with E-state index in [0.717, 1.165) is 12.8 Å². The largest absolute Gasteiger partial charge is 0.495 e. The van der Waals surface area contributed by atoms with Gasteiger partial charge in [0.25, 0.3) is 0 Å². The molecule has 0 saturated heterocycles. The Kier molecular flexibility index (Phi) is 4.90. The molecule has 1 aromatic rings. The molecule has 0 saturated carbocycles. The van der Waals surface area contributed by atoms with Crippen molar-refractivity contribution in [1.82, 2.24) is 0 Å². The zero-order chi connectivity index (χ0) is 14.5. The lowest BCUT2D eigenvalue weighted by Crippen LogP contribution is -2.15. The second kappa shape index (κ2) is 6.66. The number of ether oxygens (including phenoxy) is 2. The highest BCUT2D eigenvalue weighted by Crippen LogP contribution is 2.36. The Labute approximate surface area is 123 Å². The molecule has 1 N–H and O–H groups in total. The van der Waals surface area contributed by atoms with E-state index < -0.39 is 0 Å². The molecule has 4 nitrogen and oxygen atoms in total. The minimum Gasteiger partial charge on any atom is -0.495 e. The van der Waals surface area contributed by atoms with Gasteiger partial charge in [-0.05, 0) is 18.8 Å². The molecular weight excluding hydrogens is 278 g/mol. The van der Waals surface area contributed by atoms with Gasteiger partial charge in [0.1, 0.15) is 11.5 Å². The molecule has 2 rings (SSSR count). The summed E-state index contributed by atoms with van der Waals surface area (Å²) in [6.07, 6.45) is 6.78. The van der Waals surface area contributed by atoms with Gasteiger partial charge in [0.2, 0.25) is 5.91 Å². The van der Waals surface area contributed by atoms with E-state index in [9.17, 15) is 4.79 Å². The quantitative estimate of drug-likeness (QED) is 0.844. The van der Waals surface area contributed by atoms with E-state index in [1.54, 1.807) is 12.1 Å². The average molecular weight is 296 g/mol. The van der Waals surface area contributed by atoms with E-state index in [1.165, 1.54) is 14.2 Å². The number of amides is 1. The van der Waals surface area contributed by atoms with E-state index in [0.29, 0.717) is 34.5 Å². The monoisotopic (exact) mass is 295 g/mol. The molecule has 0 spiro atoms. The molecule has 5 heteroatoms. The van der Waals surface area contributed by atoms with E-state index in [-0.39, 0.29) is 5.91 Å². The lowest BCUT2D eigenvalue weighted by Gasteiger charge is -2.14. The summed E-state index contributed by atoms with van der Waals surface area (Å²) in [5, 5.41) is 3.30. The molecule has 1 aliphatic rings. The summed E-state index contributed by atoms with van der Waals surface area (Å²) in [6, 6.07) is 3.30. The Morgan fingerprint density at radius 3 is 2.70 bits per heavy atom. The summed E-state index contributed by atoms with van der Waals surface area (Å²) in [5.74, 6) is 1.31. The van der Waals surface area contributed by atoms with Crippen molar-refractivity contribution in [2.45, 2.75) is 19.3 Å². The number of benzene rings is 1. The van der Waals surface area contributed by atoms with Gasteiger partial charge in [-0.25, -0.2) is 0 Å². The Balaban J connectivity index is 2.10. The Morgan fingerprint density at radius 2 is 2.10 bits per heavy atom. The highest BCUT2D eigenvalue weighted by molar-refractivity contribution is 6.32. The molecule has 0 radical (unpaired) electrons. The Morgan fingerprint density at radius 1 is 1.35 bits per heavy atom. The number of anilines is 1. The minimum absolute atomic E-state index is 0.0378. The topological polar surface area (TPSA) is 47.6 Å². The van der Waals surface area contributed by atoms with Crippen LogP contribution in [0.2, 0.25) is 5.02 Å². The van der Waals surface area contributed by atoms with Crippen LogP contribution in [0.15, 0.2) is 24.3 Å². The first-order valence-corrected chi connectivity index (χ1v) is 6.90. The number of halogens is 1. The maximum Gasteiger partial charge on any atom is 0.225 e. The molecule has 0 aromatic heterocycles. The number of hydrogen-bond acceptors (Lipinski definition) is 3. The molecule has 0 aliphatic heterocycles. The van der Waals surface area contributed by atoms with Crippen LogP contribution in [-0.4, -0.2) is 20.1 Å². The fourth-order valence-electron chi connectivity index (χ4n) is 2.26. The molecule has 20 heavy (non-hydrogen) atoms. The summed E-state index contributed by atoms with van der Waals surface area (Å²) in [7, 11) is 3.07. The highest BCUT2D eigenvalue weighted by Gasteiger charge is 2.16. The van der Waals surface area contributed by atoms with Crippen molar-refractivity contribution in [3.05, 3.63) is 29.3 Å². The molecule has 108 valence electrons. The number of carbonyl (C=O) groups is 1. The average Bonchev–Trinajstić information content (AvgIpc) is 2.92. The number of nitrogens with one attached hydrogen (secondary N) is 1. The third-order valence-corrected chi connectivity index (χ3v) is 3.60. The predicted molar refractivity (Wildman–Crippen MR) is 79.7 cm³/mol. The van der Waals surface area contributed by atoms with Gasteiger partial charge in [-0.2, -0.15) is 0 Å². The molecule has 1 amide bonds. The number of allylic oxidation sites excluding steroid dienone is 2. The molecule has 0 fully saturated rings. The van der Waals surface area contributed by atoms with E-state index >= 15 is 0 Å². The number of carbonyl (C=O) groups excluding carboxylic acids is 1. The smallest absolute Gasteiger partial charge is 0.225 e. The lowest BCUT2D eigenvalue weighted by molar-refractivity contribution is -0.116. The van der Waals surface area contributed by atoms with Crippen LogP contribution >= 0.6 is 11.6 Å². The van der Waals surface area contributed by atoms with Gasteiger partial charge in [-0.3, -0.25) is 4.79 Å². The third-order valence-electron chi connectivity index (χ3n) is 3.31. The minimum atomic E-state index is -0.0378. The maximum absolute atomic E-state index is 12.0. The SMILES string of the molecule is COc1cc(NC(=O)C[C@H]2C=CCC2)c(OC)cc1Cl. The normalized spacial score (nSPS) is 17.1. The predicted octanol–water partition coefficient (Wildman–Crippen LogP) is 3.65. The second-order valence-corrected chi connectivity index (χ2v) is 5.11. The molecular formula is C15H18ClNO3. The van der Waals surface area contributed by atoms with Gasteiger partial charge in [0.05, 0.1) is 24.9 Å². The van der Waals surface area contributed by atoms with Gasteiger partial charge in [-0.1, -0.05) is 23.8 Å². The second-order valence-electron chi connectivity index (χ2n) is 4.70. The van der Waals surface area contributed by atoms with Crippen molar-refractivity contribution < 1.29 is 14.3 Å². The van der Waals surface area contributed by atoms with Crippen molar-refractivity contribution in [2.75, 3.05) is 19.5 Å². The number of methoxy groups -OCH3 is 2. The van der Waals surface area contributed by atoms with Crippen LogP contribution in [0.25, 0.3) is 0 Å². The Hall–Kier alpha value is -1.68. The summed E-state index contributed by atoms with van der Waals surface area (Å²) in [5.41, 5.74) is 0.570. The van der Waals surface area contributed by atoms with Crippen molar-refractivity contribution in [2.24, 2.45) is 5.92 Å². The van der Waals surface area contributed by atoms with Crippen molar-refractivity contribution in [3.63, 3.8) is 0 Å². The maximum atomic E-state index is 12.0. The first-order chi connectivity index (χ1) is 9.63. The number of rotatable bonds is 5. The molecule has 1 atom stereocenters. The molecule has 0 unspecified atom stereocenters.